The van der Waals surface area contributed by atoms with Crippen molar-refractivity contribution >= 4 is 69.3 Å². The van der Waals surface area contributed by atoms with Crippen molar-refractivity contribution < 1.29 is 66.1 Å². The van der Waals surface area contributed by atoms with Gasteiger partial charge in [-0.15, -0.1) is 0 Å². The molecule has 0 amide bonds. The number of benzene rings is 1. The van der Waals surface area contributed by atoms with Crippen LogP contribution in [-0.2, 0) is 57.3 Å². The standard InChI is InChI=1S/C12H10O6.C10H2O6.C8H4O6/c13-9-3-1-4(10(14)17-9)8-6-2-5(7(3)8)11(15)18-12(6)16;11-7-3-1-4-6(10(14)16-8(4)12)2-5(3)9(13)15-7;9-5-1-2(6(10)13-5)4-3(1)7(11)14-8(4)12/h3-8H,1-2H2;1-2H;1-4H. The molecule has 3 aromatic rings. The van der Waals surface area contributed by atoms with Crippen molar-refractivity contribution in [2.75, 3.05) is 0 Å². The van der Waals surface area contributed by atoms with E-state index < -0.39 is 118 Å². The number of fused-ring (bicyclic) bond motifs is 15. The first-order valence-electron chi connectivity index (χ1n) is 14.5. The molecule has 6 heterocycles. The van der Waals surface area contributed by atoms with Crippen molar-refractivity contribution in [3.63, 3.8) is 0 Å². The maximum atomic E-state index is 11.7. The molecule has 7 fully saturated rings. The molecule has 48 heavy (non-hydrogen) atoms. The Hall–Kier alpha value is -5.94. The average Bonchev–Trinajstić information content (AvgIpc) is 3.77. The van der Waals surface area contributed by atoms with Crippen LogP contribution in [0.1, 0.15) is 12.8 Å². The minimum Gasteiger partial charge on any atom is -0.393 e. The maximum Gasteiger partial charge on any atom is 0.346 e. The summed E-state index contributed by atoms with van der Waals surface area (Å²) in [6, 6.07) is 2.29. The van der Waals surface area contributed by atoms with Gasteiger partial charge in [0.05, 0.1) is 68.9 Å². The van der Waals surface area contributed by atoms with Gasteiger partial charge >= 0.3 is 70.3 Å². The van der Waals surface area contributed by atoms with Gasteiger partial charge in [0, 0.05) is 0 Å². The van der Waals surface area contributed by atoms with Gasteiger partial charge in [-0.3, -0.25) is 38.4 Å². The molecule has 244 valence electrons. The maximum absolute atomic E-state index is 11.7. The highest BCUT2D eigenvalue weighted by Gasteiger charge is 2.73. The van der Waals surface area contributed by atoms with E-state index in [4.69, 9.17) is 9.47 Å². The fraction of sp³-hybridized carbons (Fsp3) is 0.400. The van der Waals surface area contributed by atoms with Crippen LogP contribution in [0.5, 0.6) is 0 Å². The fourth-order valence-corrected chi connectivity index (χ4v) is 8.38. The van der Waals surface area contributed by atoms with Gasteiger partial charge in [0.2, 0.25) is 0 Å². The number of esters is 8. The monoisotopic (exact) mass is 664 g/mol. The Labute approximate surface area is 261 Å². The SMILES string of the molecule is O=C1OC(=O)C2C1C1C(=O)OC(=O)C21.O=C1OC(=O)C2CC1C1C3CC(C(=O)OC3=O)C21.O=c1oc(=O)c2cc3c(=O)oc(=O)c3cc12. The zero-order valence-corrected chi connectivity index (χ0v) is 23.7. The lowest BCUT2D eigenvalue weighted by Gasteiger charge is -2.33. The summed E-state index contributed by atoms with van der Waals surface area (Å²) in [5, 5.41) is -0.0726. The first-order valence-corrected chi connectivity index (χ1v) is 14.5. The van der Waals surface area contributed by atoms with Crippen molar-refractivity contribution in [2.24, 2.45) is 59.2 Å². The number of ether oxygens (including phenoxy) is 4. The van der Waals surface area contributed by atoms with Gasteiger partial charge in [0.25, 0.3) is 0 Å². The molecular weight excluding hydrogens is 648 g/mol. The molecule has 4 bridgehead atoms. The van der Waals surface area contributed by atoms with Gasteiger partial charge in [-0.05, 0) is 36.8 Å². The Morgan fingerprint density at radius 2 is 0.583 bits per heavy atom. The van der Waals surface area contributed by atoms with Gasteiger partial charge in [-0.2, -0.15) is 0 Å². The quantitative estimate of drug-likeness (QED) is 0.107. The Morgan fingerprint density at radius 3 is 0.833 bits per heavy atom. The van der Waals surface area contributed by atoms with Crippen LogP contribution in [0.4, 0.5) is 0 Å². The molecule has 0 spiro atoms. The minimum atomic E-state index is -0.824. The summed E-state index contributed by atoms with van der Waals surface area (Å²) in [7, 11) is 0. The van der Waals surface area contributed by atoms with Crippen molar-refractivity contribution in [3.05, 3.63) is 53.8 Å². The number of rotatable bonds is 0. The predicted molar refractivity (Wildman–Crippen MR) is 142 cm³/mol. The molecule has 1 aromatic carbocycles. The van der Waals surface area contributed by atoms with Crippen LogP contribution in [0.15, 0.2) is 40.1 Å². The summed E-state index contributed by atoms with van der Waals surface area (Å²) >= 11 is 0. The van der Waals surface area contributed by atoms with E-state index >= 15 is 0 Å². The van der Waals surface area contributed by atoms with E-state index in [1.54, 1.807) is 0 Å². The highest BCUT2D eigenvalue weighted by atomic mass is 16.6. The summed E-state index contributed by atoms with van der Waals surface area (Å²) < 4.78 is 26.8. The Kier molecular flexibility index (Phi) is 6.01. The highest BCUT2D eigenvalue weighted by Crippen LogP contribution is 2.60. The number of cyclic esters (lactones) is 8. The van der Waals surface area contributed by atoms with Gasteiger partial charge in [-0.25, -0.2) is 19.2 Å². The summed E-state index contributed by atoms with van der Waals surface area (Å²) in [6.07, 6.45) is 0.834. The van der Waals surface area contributed by atoms with Gasteiger partial charge < -0.3 is 27.8 Å². The van der Waals surface area contributed by atoms with E-state index in [1.807, 2.05) is 0 Å². The molecule has 0 radical (unpaired) electrons. The molecule has 18 heteroatoms. The van der Waals surface area contributed by atoms with E-state index in [-0.39, 0.29) is 33.4 Å². The molecule has 18 nitrogen and oxygen atoms in total. The van der Waals surface area contributed by atoms with Crippen LogP contribution in [-0.4, -0.2) is 47.8 Å². The first kappa shape index (κ1) is 29.5. The fourth-order valence-electron chi connectivity index (χ4n) is 8.38. The van der Waals surface area contributed by atoms with Crippen LogP contribution in [0.2, 0.25) is 0 Å². The van der Waals surface area contributed by atoms with Crippen LogP contribution >= 0.6 is 0 Å². The molecule has 3 saturated carbocycles. The van der Waals surface area contributed by atoms with E-state index in [2.05, 4.69) is 18.3 Å². The zero-order valence-electron chi connectivity index (χ0n) is 23.7. The molecule has 7 aliphatic rings. The van der Waals surface area contributed by atoms with Crippen molar-refractivity contribution in [1.82, 2.24) is 0 Å². The normalized spacial score (nSPS) is 35.0. The molecule has 4 atom stereocenters. The molecular formula is C30H16O18. The van der Waals surface area contributed by atoms with E-state index in [1.165, 1.54) is 0 Å². The second-order valence-corrected chi connectivity index (χ2v) is 12.4. The van der Waals surface area contributed by atoms with Crippen molar-refractivity contribution in [1.29, 1.82) is 0 Å². The van der Waals surface area contributed by atoms with Gasteiger partial charge in [0.1, 0.15) is 0 Å². The van der Waals surface area contributed by atoms with Crippen molar-refractivity contribution in [2.45, 2.75) is 12.8 Å². The number of hydrogen-bond donors (Lipinski definition) is 0. The van der Waals surface area contributed by atoms with Crippen LogP contribution in [0.3, 0.4) is 0 Å². The van der Waals surface area contributed by atoms with Crippen molar-refractivity contribution in [3.8, 4) is 0 Å². The number of hydrogen-bond acceptors (Lipinski definition) is 18. The molecule has 2 aromatic heterocycles. The first-order chi connectivity index (χ1) is 22.8. The Morgan fingerprint density at radius 1 is 0.354 bits per heavy atom. The third-order valence-corrected chi connectivity index (χ3v) is 10.4. The lowest BCUT2D eigenvalue weighted by molar-refractivity contribution is -0.174. The second-order valence-electron chi connectivity index (χ2n) is 12.4. The lowest BCUT2D eigenvalue weighted by Crippen LogP contribution is -2.50. The predicted octanol–water partition coefficient (Wildman–Crippen LogP) is -2.22. The number of carbonyl (C=O) groups is 8. The molecule has 10 rings (SSSR count). The summed E-state index contributed by atoms with van der Waals surface area (Å²) in [5.41, 5.74) is -3.30. The average molecular weight is 664 g/mol. The van der Waals surface area contributed by atoms with Gasteiger partial charge in [0.15, 0.2) is 0 Å². The topological polar surface area (TPSA) is 268 Å². The smallest absolute Gasteiger partial charge is 0.346 e. The Balaban J connectivity index is 0.000000106. The zero-order chi connectivity index (χ0) is 34.1. The molecule has 4 saturated heterocycles. The lowest BCUT2D eigenvalue weighted by atomic mass is 9.59. The summed E-state index contributed by atoms with van der Waals surface area (Å²) in [6.45, 7) is 0. The third-order valence-electron chi connectivity index (χ3n) is 10.4. The molecule has 4 aliphatic heterocycles. The van der Waals surface area contributed by atoms with Crippen LogP contribution in [0, 0.1) is 59.2 Å². The molecule has 3 aliphatic carbocycles. The largest absolute Gasteiger partial charge is 0.393 e. The van der Waals surface area contributed by atoms with Gasteiger partial charge in [-0.1, -0.05) is 0 Å². The second kappa shape index (κ2) is 9.79. The van der Waals surface area contributed by atoms with E-state index in [0.29, 0.717) is 12.8 Å². The van der Waals surface area contributed by atoms with Crippen LogP contribution < -0.4 is 22.5 Å². The molecule has 0 N–H and O–H groups in total. The van der Waals surface area contributed by atoms with E-state index in [0.717, 1.165) is 12.1 Å². The summed E-state index contributed by atoms with van der Waals surface area (Å²) in [4.78, 5) is 136. The number of furan rings is 2. The minimum absolute atomic E-state index is 0.0181. The Bertz CT molecular complexity index is 2000. The molecule has 4 unspecified atom stereocenters. The third kappa shape index (κ3) is 3.85. The summed E-state index contributed by atoms with van der Waals surface area (Å²) in [5.74, 6) is -10.4. The number of carbonyl (C=O) groups excluding carboxylic acids is 8. The van der Waals surface area contributed by atoms with E-state index in [9.17, 15) is 57.5 Å². The highest BCUT2D eigenvalue weighted by molar-refractivity contribution is 6.10. The van der Waals surface area contributed by atoms with Crippen LogP contribution in [0.25, 0.3) is 21.5 Å².